The van der Waals surface area contributed by atoms with E-state index in [1.54, 1.807) is 0 Å². The monoisotopic (exact) mass is 441 g/mol. The lowest BCUT2D eigenvalue weighted by atomic mass is 9.72. The number of rotatable bonds is 5. The number of piperidine rings is 3. The minimum absolute atomic E-state index is 0.0501. The lowest BCUT2D eigenvalue weighted by molar-refractivity contribution is -0.152. The van der Waals surface area contributed by atoms with Gasteiger partial charge in [-0.2, -0.15) is 0 Å². The van der Waals surface area contributed by atoms with Crippen molar-refractivity contribution in [3.8, 4) is 0 Å². The largest absolute Gasteiger partial charge is 0.483 e. The molecule has 7 heteroatoms. The fourth-order valence-electron chi connectivity index (χ4n) is 5.48. The number of allylic oxidation sites excluding steroid dienone is 1. The average molecular weight is 442 g/mol. The molecule has 0 spiro atoms. The second-order valence-corrected chi connectivity index (χ2v) is 9.27. The van der Waals surface area contributed by atoms with Crippen molar-refractivity contribution in [2.24, 2.45) is 11.8 Å². The highest BCUT2D eigenvalue weighted by atomic mass is 16.3. The lowest BCUT2D eigenvalue weighted by Gasteiger charge is -2.56. The van der Waals surface area contributed by atoms with E-state index < -0.39 is 0 Å². The number of fused-ring (bicyclic) bond motifs is 4. The summed E-state index contributed by atoms with van der Waals surface area (Å²) in [6.45, 7) is 7.66. The molecule has 2 bridgehead atoms. The summed E-state index contributed by atoms with van der Waals surface area (Å²) in [5, 5.41) is 10.0. The number of benzene rings is 1. The van der Waals surface area contributed by atoms with Gasteiger partial charge in [0.05, 0.1) is 6.04 Å². The molecule has 0 radical (unpaired) electrons. The Morgan fingerprint density at radius 2 is 1.88 bits per heavy atom. The lowest BCUT2D eigenvalue weighted by Crippen LogP contribution is -2.67. The molecular formula is C25H35N3O4. The van der Waals surface area contributed by atoms with Gasteiger partial charge in [-0.05, 0) is 57.1 Å². The van der Waals surface area contributed by atoms with Crippen LogP contribution < -0.4 is 5.32 Å². The van der Waals surface area contributed by atoms with E-state index in [1.807, 2.05) is 30.3 Å². The SMILES string of the molecule is CC(C)=CCN1C[C@H]2C[C@@H](C1)[C@H](CNC(=O)c1ccccc1)N1C(=O)CCC[C@@H]21.O=CO. The van der Waals surface area contributed by atoms with E-state index in [-0.39, 0.29) is 24.3 Å². The first-order chi connectivity index (χ1) is 15.4. The van der Waals surface area contributed by atoms with Gasteiger partial charge in [0.2, 0.25) is 5.91 Å². The summed E-state index contributed by atoms with van der Waals surface area (Å²) < 4.78 is 0. The van der Waals surface area contributed by atoms with Crippen molar-refractivity contribution in [1.82, 2.24) is 15.1 Å². The molecule has 0 aromatic heterocycles. The Hall–Kier alpha value is -2.67. The topological polar surface area (TPSA) is 90.0 Å². The molecular weight excluding hydrogens is 406 g/mol. The van der Waals surface area contributed by atoms with Crippen LogP contribution in [0.4, 0.5) is 0 Å². The van der Waals surface area contributed by atoms with E-state index in [0.29, 0.717) is 36.4 Å². The van der Waals surface area contributed by atoms with Crippen molar-refractivity contribution < 1.29 is 19.5 Å². The van der Waals surface area contributed by atoms with Crippen LogP contribution in [-0.4, -0.2) is 71.5 Å². The summed E-state index contributed by atoms with van der Waals surface area (Å²) in [5.41, 5.74) is 2.03. The molecule has 0 unspecified atom stereocenters. The van der Waals surface area contributed by atoms with Gasteiger partial charge in [0.1, 0.15) is 0 Å². The van der Waals surface area contributed by atoms with Crippen LogP contribution >= 0.6 is 0 Å². The number of likely N-dealkylation sites (tertiary alicyclic amines) is 1. The predicted molar refractivity (Wildman–Crippen MR) is 123 cm³/mol. The summed E-state index contributed by atoms with van der Waals surface area (Å²) in [4.78, 5) is 38.6. The number of carbonyl (C=O) groups excluding carboxylic acids is 2. The molecule has 174 valence electrons. The maximum absolute atomic E-state index is 12.9. The summed E-state index contributed by atoms with van der Waals surface area (Å²) in [6, 6.07) is 9.79. The first kappa shape index (κ1) is 24.0. The van der Waals surface area contributed by atoms with Gasteiger partial charge in [-0.25, -0.2) is 0 Å². The van der Waals surface area contributed by atoms with Crippen LogP contribution in [0.5, 0.6) is 0 Å². The summed E-state index contributed by atoms with van der Waals surface area (Å²) >= 11 is 0. The normalized spacial score (nSPS) is 26.8. The van der Waals surface area contributed by atoms with Crippen molar-refractivity contribution in [1.29, 1.82) is 0 Å². The molecule has 1 aromatic rings. The van der Waals surface area contributed by atoms with Crippen LogP contribution in [-0.2, 0) is 9.59 Å². The molecule has 3 aliphatic rings. The van der Waals surface area contributed by atoms with E-state index in [9.17, 15) is 9.59 Å². The number of nitrogens with zero attached hydrogens (tertiary/aromatic N) is 2. The second kappa shape index (κ2) is 11.3. The molecule has 0 saturated carbocycles. The van der Waals surface area contributed by atoms with Crippen LogP contribution in [0.3, 0.4) is 0 Å². The molecule has 2 amide bonds. The molecule has 2 N–H and O–H groups in total. The number of hydrogen-bond donors (Lipinski definition) is 2. The molecule has 3 fully saturated rings. The van der Waals surface area contributed by atoms with E-state index in [2.05, 4.69) is 35.0 Å². The highest BCUT2D eigenvalue weighted by molar-refractivity contribution is 5.94. The van der Waals surface area contributed by atoms with Crippen LogP contribution in [0.2, 0.25) is 0 Å². The zero-order chi connectivity index (χ0) is 23.1. The van der Waals surface area contributed by atoms with Gasteiger partial charge in [0, 0.05) is 44.2 Å². The van der Waals surface area contributed by atoms with Crippen molar-refractivity contribution in [2.45, 2.75) is 51.6 Å². The highest BCUT2D eigenvalue weighted by Gasteiger charge is 2.49. The van der Waals surface area contributed by atoms with Crippen molar-refractivity contribution >= 4 is 18.3 Å². The Morgan fingerprint density at radius 3 is 2.56 bits per heavy atom. The van der Waals surface area contributed by atoms with Gasteiger partial charge >= 0.3 is 0 Å². The molecule has 4 atom stereocenters. The van der Waals surface area contributed by atoms with Gasteiger partial charge < -0.3 is 15.3 Å². The Bertz CT molecular complexity index is 822. The number of carbonyl (C=O) groups is 3. The fraction of sp³-hybridized carbons (Fsp3) is 0.560. The van der Waals surface area contributed by atoms with E-state index in [0.717, 1.165) is 32.5 Å². The van der Waals surface area contributed by atoms with Crippen molar-refractivity contribution in [3.05, 3.63) is 47.5 Å². The minimum Gasteiger partial charge on any atom is -0.483 e. The molecule has 1 aromatic carbocycles. The smallest absolute Gasteiger partial charge is 0.290 e. The first-order valence-corrected chi connectivity index (χ1v) is 11.5. The first-order valence-electron chi connectivity index (χ1n) is 11.5. The van der Waals surface area contributed by atoms with Crippen molar-refractivity contribution in [3.63, 3.8) is 0 Å². The maximum Gasteiger partial charge on any atom is 0.290 e. The van der Waals surface area contributed by atoms with Crippen LogP contribution in [0, 0.1) is 11.8 Å². The van der Waals surface area contributed by atoms with Gasteiger partial charge in [-0.15, -0.1) is 0 Å². The van der Waals surface area contributed by atoms with Gasteiger partial charge in [0.15, 0.2) is 0 Å². The summed E-state index contributed by atoms with van der Waals surface area (Å²) in [7, 11) is 0. The van der Waals surface area contributed by atoms with Crippen LogP contribution in [0.15, 0.2) is 42.0 Å². The Kier molecular flexibility index (Phi) is 8.45. The predicted octanol–water partition coefficient (Wildman–Crippen LogP) is 2.78. The molecule has 3 saturated heterocycles. The molecule has 7 nitrogen and oxygen atoms in total. The number of nitrogens with one attached hydrogen (secondary N) is 1. The standard InChI is InChI=1S/C24H33N3O2.CH2O2/c1-17(2)11-12-26-15-19-13-20(16-26)22(27-21(19)9-6-10-23(27)28)14-25-24(29)18-7-4-3-5-8-18;2-1-3/h3-5,7-8,11,19-22H,6,9-10,12-16H2,1-2H3,(H,25,29);1H,(H,2,3)/t19-,20+,21+,22+;/m1./s1. The van der Waals surface area contributed by atoms with Gasteiger partial charge in [0.25, 0.3) is 12.4 Å². The molecule has 3 heterocycles. The Balaban J connectivity index is 0.000000913. The maximum atomic E-state index is 12.9. The average Bonchev–Trinajstić information content (AvgIpc) is 2.79. The van der Waals surface area contributed by atoms with Crippen LogP contribution in [0.25, 0.3) is 0 Å². The number of hydrogen-bond acceptors (Lipinski definition) is 4. The van der Waals surface area contributed by atoms with E-state index >= 15 is 0 Å². The number of carboxylic acid groups (broad SMARTS) is 1. The molecule has 0 aliphatic carbocycles. The van der Waals surface area contributed by atoms with Crippen LogP contribution in [0.1, 0.15) is 49.9 Å². The second-order valence-electron chi connectivity index (χ2n) is 9.27. The Labute approximate surface area is 190 Å². The highest BCUT2D eigenvalue weighted by Crippen LogP contribution is 2.41. The van der Waals surface area contributed by atoms with E-state index in [4.69, 9.17) is 9.90 Å². The fourth-order valence-corrected chi connectivity index (χ4v) is 5.48. The summed E-state index contributed by atoms with van der Waals surface area (Å²) in [5.74, 6) is 1.22. The zero-order valence-corrected chi connectivity index (χ0v) is 19.1. The number of amides is 2. The minimum atomic E-state index is -0.250. The molecule has 32 heavy (non-hydrogen) atoms. The van der Waals surface area contributed by atoms with E-state index in [1.165, 1.54) is 12.0 Å². The summed E-state index contributed by atoms with van der Waals surface area (Å²) in [6.07, 6.45) is 6.23. The van der Waals surface area contributed by atoms with Gasteiger partial charge in [-0.3, -0.25) is 19.3 Å². The Morgan fingerprint density at radius 1 is 1.19 bits per heavy atom. The van der Waals surface area contributed by atoms with Gasteiger partial charge in [-0.1, -0.05) is 29.8 Å². The third-order valence-electron chi connectivity index (χ3n) is 6.84. The molecule has 3 aliphatic heterocycles. The molecule has 4 rings (SSSR count). The third-order valence-corrected chi connectivity index (χ3v) is 6.84. The zero-order valence-electron chi connectivity index (χ0n) is 19.1. The third kappa shape index (κ3) is 5.76. The van der Waals surface area contributed by atoms with Crippen molar-refractivity contribution in [2.75, 3.05) is 26.2 Å². The quantitative estimate of drug-likeness (QED) is 0.542.